The number of pyridine rings is 1. The van der Waals surface area contributed by atoms with Crippen LogP contribution >= 0.6 is 0 Å². The second kappa shape index (κ2) is 16.0. The van der Waals surface area contributed by atoms with Crippen molar-refractivity contribution in [1.82, 2.24) is 9.55 Å². The molecule has 10 bridgehead atoms. The van der Waals surface area contributed by atoms with Gasteiger partial charge >= 0.3 is 0 Å². The van der Waals surface area contributed by atoms with E-state index in [9.17, 15) is 5.48 Å². The molecule has 0 radical (unpaired) electrons. The molecule has 5 nitrogen and oxygen atoms in total. The van der Waals surface area contributed by atoms with Gasteiger partial charge in [0.1, 0.15) is 24.0 Å². The second-order valence-electron chi connectivity index (χ2n) is 18.5. The monoisotopic (exact) mass is 897 g/mol. The van der Waals surface area contributed by atoms with Gasteiger partial charge in [-0.05, 0) is 111 Å². The lowest BCUT2D eigenvalue weighted by Crippen LogP contribution is -2.25. The van der Waals surface area contributed by atoms with E-state index in [2.05, 4.69) is 128 Å². The Hall–Kier alpha value is -8.67. The molecule has 0 unspecified atom stereocenters. The maximum absolute atomic E-state index is 9.79. The molecule has 2 aliphatic rings. The summed E-state index contributed by atoms with van der Waals surface area (Å²) >= 11 is 0. The summed E-state index contributed by atoms with van der Waals surface area (Å²) < 4.78 is 90.0. The zero-order chi connectivity index (χ0) is 54.1. The van der Waals surface area contributed by atoms with Crippen molar-refractivity contribution in [3.63, 3.8) is 0 Å². The van der Waals surface area contributed by atoms with Gasteiger partial charge in [0.05, 0.1) is 46.1 Å². The van der Waals surface area contributed by atoms with E-state index in [0.717, 1.165) is 61.7 Å². The topological polar surface area (TPSA) is 33.5 Å². The van der Waals surface area contributed by atoms with Crippen molar-refractivity contribution >= 4 is 44.6 Å². The molecule has 0 aliphatic carbocycles. The predicted octanol–water partition coefficient (Wildman–Crippen LogP) is 17.2. The molecule has 330 valence electrons. The van der Waals surface area contributed by atoms with Crippen LogP contribution < -0.4 is 14.5 Å². The Labute approximate surface area is 415 Å². The standard InChI is InChI=1S/C64H48N4O/c1-64(2,3)47-21-12-19-45(37-47)52-26-14-27-55-53-25-8-7-24-51(53)44-18-11-20-46(36-44)57-28-15-31-62(65-57)68-58-35-32-43(42-16-5-4-6-17-42)38-56(58)54-34-33-50(40-61(54)68)69-49-23-13-22-48(39-49)66-41-67(63(52)55)60-30-10-9-29-59(60)66/h4-40H,41H2,1-3H3/i4D,5D,6D,16D,17D,33D,34D,35D,38D. The molecule has 0 saturated carbocycles. The van der Waals surface area contributed by atoms with E-state index in [1.165, 1.54) is 11.6 Å². The predicted molar refractivity (Wildman–Crippen MR) is 287 cm³/mol. The van der Waals surface area contributed by atoms with Crippen molar-refractivity contribution < 1.29 is 17.1 Å². The minimum absolute atomic E-state index is 0.0460. The van der Waals surface area contributed by atoms with Gasteiger partial charge in [0, 0.05) is 45.3 Å². The number of nitrogens with zero attached hydrogens (tertiary/aromatic N) is 4. The third-order valence-corrected chi connectivity index (χ3v) is 13.3. The van der Waals surface area contributed by atoms with E-state index < -0.39 is 30.2 Å². The van der Waals surface area contributed by atoms with Crippen LogP contribution in [0.25, 0.3) is 83.4 Å². The lowest BCUT2D eigenvalue weighted by atomic mass is 9.84. The lowest BCUT2D eigenvalue weighted by molar-refractivity contribution is 0.483. The Morgan fingerprint density at radius 2 is 1.20 bits per heavy atom. The first-order valence-electron chi connectivity index (χ1n) is 27.6. The van der Waals surface area contributed by atoms with E-state index in [1.807, 2.05) is 54.6 Å². The maximum atomic E-state index is 9.79. The van der Waals surface area contributed by atoms with Crippen LogP contribution in [0.1, 0.15) is 38.7 Å². The first-order chi connectivity index (χ1) is 37.6. The van der Waals surface area contributed by atoms with E-state index in [0.29, 0.717) is 29.4 Å². The molecular weight excluding hydrogens is 841 g/mol. The van der Waals surface area contributed by atoms with Gasteiger partial charge in [-0.15, -0.1) is 0 Å². The molecule has 0 atom stereocenters. The Morgan fingerprint density at radius 3 is 2.06 bits per heavy atom. The average molecular weight is 898 g/mol. The number of aromatic nitrogens is 2. The molecule has 0 fully saturated rings. The summed E-state index contributed by atoms with van der Waals surface area (Å²) in [5.41, 5.74) is 12.8. The molecule has 2 aromatic heterocycles. The summed E-state index contributed by atoms with van der Waals surface area (Å²) in [6.45, 7) is 7.15. The highest BCUT2D eigenvalue weighted by atomic mass is 16.5. The Morgan fingerprint density at radius 1 is 0.493 bits per heavy atom. The van der Waals surface area contributed by atoms with Crippen molar-refractivity contribution in [2.75, 3.05) is 16.5 Å². The number of hydrogen-bond donors (Lipinski definition) is 0. The van der Waals surface area contributed by atoms with Crippen LogP contribution in [0, 0.1) is 0 Å². The van der Waals surface area contributed by atoms with Crippen molar-refractivity contribution in [3.8, 4) is 73.1 Å². The number of hydrogen-bond acceptors (Lipinski definition) is 4. The van der Waals surface area contributed by atoms with E-state index in [4.69, 9.17) is 16.6 Å². The number of rotatable bonds is 2. The molecule has 5 heteroatoms. The molecule has 11 aromatic rings. The normalized spacial score (nSPS) is 14.7. The molecule has 0 spiro atoms. The van der Waals surface area contributed by atoms with Crippen LogP contribution in [0.2, 0.25) is 0 Å². The van der Waals surface area contributed by atoms with Gasteiger partial charge in [-0.1, -0.05) is 166 Å². The van der Waals surface area contributed by atoms with Gasteiger partial charge in [0.25, 0.3) is 0 Å². The fourth-order valence-corrected chi connectivity index (χ4v) is 9.95. The smallest absolute Gasteiger partial charge is 0.138 e. The maximum Gasteiger partial charge on any atom is 0.138 e. The highest BCUT2D eigenvalue weighted by molar-refractivity contribution is 6.11. The molecule has 9 aromatic carbocycles. The van der Waals surface area contributed by atoms with Gasteiger partial charge in [-0.25, -0.2) is 4.98 Å². The molecular formula is C64H48N4O. The first kappa shape index (κ1) is 32.1. The van der Waals surface area contributed by atoms with E-state index in [-0.39, 0.29) is 62.8 Å². The number of ether oxygens (including phenoxy) is 1. The van der Waals surface area contributed by atoms with Crippen molar-refractivity contribution in [2.24, 2.45) is 0 Å². The summed E-state index contributed by atoms with van der Waals surface area (Å²) in [5.74, 6) is 0.805. The molecule has 0 amide bonds. The van der Waals surface area contributed by atoms with Crippen molar-refractivity contribution in [2.45, 2.75) is 26.2 Å². The summed E-state index contributed by atoms with van der Waals surface area (Å²) in [5, 5.41) is 0.236. The van der Waals surface area contributed by atoms with Crippen LogP contribution in [0.4, 0.5) is 22.7 Å². The molecule has 69 heavy (non-hydrogen) atoms. The summed E-state index contributed by atoms with van der Waals surface area (Å²) in [4.78, 5) is 9.92. The third kappa shape index (κ3) is 6.96. The highest BCUT2D eigenvalue weighted by Gasteiger charge is 2.32. The van der Waals surface area contributed by atoms with E-state index >= 15 is 0 Å². The van der Waals surface area contributed by atoms with Crippen LogP contribution in [-0.2, 0) is 5.41 Å². The fraction of sp³-hybridized carbons (Fsp3) is 0.0781. The minimum atomic E-state index is -0.581. The van der Waals surface area contributed by atoms with Crippen molar-refractivity contribution in [3.05, 3.63) is 230 Å². The molecule has 0 N–H and O–H groups in total. The molecule has 0 saturated heterocycles. The number of benzene rings is 9. The lowest BCUT2D eigenvalue weighted by Gasteiger charge is -2.28. The summed E-state index contributed by atoms with van der Waals surface area (Å²) in [7, 11) is 0. The zero-order valence-corrected chi connectivity index (χ0v) is 38.1. The summed E-state index contributed by atoms with van der Waals surface area (Å²) in [6.07, 6.45) is 0. The zero-order valence-electron chi connectivity index (χ0n) is 47.1. The number of anilines is 4. The molecule has 4 heterocycles. The second-order valence-corrected chi connectivity index (χ2v) is 18.5. The van der Waals surface area contributed by atoms with Gasteiger partial charge in [0.2, 0.25) is 0 Å². The Balaban J connectivity index is 1.09. The minimum Gasteiger partial charge on any atom is -0.457 e. The number of fused-ring (bicyclic) bond motifs is 23. The molecule has 2 aliphatic heterocycles. The van der Waals surface area contributed by atoms with Crippen LogP contribution in [0.3, 0.4) is 0 Å². The molecule has 13 rings (SSSR count). The van der Waals surface area contributed by atoms with Crippen molar-refractivity contribution in [1.29, 1.82) is 0 Å². The van der Waals surface area contributed by atoms with Gasteiger partial charge in [-0.2, -0.15) is 0 Å². The highest BCUT2D eigenvalue weighted by Crippen LogP contribution is 2.52. The largest absolute Gasteiger partial charge is 0.457 e. The van der Waals surface area contributed by atoms with Gasteiger partial charge in [0.15, 0.2) is 0 Å². The van der Waals surface area contributed by atoms with E-state index in [1.54, 1.807) is 16.7 Å². The van der Waals surface area contributed by atoms with Gasteiger partial charge < -0.3 is 14.5 Å². The van der Waals surface area contributed by atoms with Crippen LogP contribution in [0.5, 0.6) is 11.5 Å². The Kier molecular flexibility index (Phi) is 7.44. The fourth-order valence-electron chi connectivity index (χ4n) is 9.95. The Bertz CT molecular complexity index is 4330. The first-order valence-corrected chi connectivity index (χ1v) is 23.1. The quantitative estimate of drug-likeness (QED) is 0.173. The number of para-hydroxylation sites is 3. The van der Waals surface area contributed by atoms with Gasteiger partial charge in [-0.3, -0.25) is 4.57 Å². The van der Waals surface area contributed by atoms with Crippen LogP contribution in [0.15, 0.2) is 224 Å². The SMILES string of the molecule is [2H]c1c([2H])c([2H])c(-c2cc([2H])c3c(c2[2H])c2c([2H])c([2H])c4cc2n3-c2cccc(n2)-c2cccc(c2)-c2ccccc2-c2cccc(-c3cccc(C(C)(C)C)c3)c2N2CN(c3cccc(c3)O4)c3ccccc32)c([2H])c1[2H]. The third-order valence-electron chi connectivity index (χ3n) is 13.3. The average Bonchev–Trinajstić information content (AvgIpc) is 4.25. The van der Waals surface area contributed by atoms with Crippen LogP contribution in [-0.4, -0.2) is 16.2 Å². The summed E-state index contributed by atoms with van der Waals surface area (Å²) in [6, 6.07) is 53.0.